The number of hydrogen-bond donors (Lipinski definition) is 1. The lowest BCUT2D eigenvalue weighted by Crippen LogP contribution is -1.90. The summed E-state index contributed by atoms with van der Waals surface area (Å²) in [4.78, 5) is 0. The Morgan fingerprint density at radius 3 is 2.70 bits per heavy atom. The average molecular weight is 268 g/mol. The summed E-state index contributed by atoms with van der Waals surface area (Å²) in [7, 11) is 0. The fraction of sp³-hybridized carbons (Fsp3) is 0.222. The van der Waals surface area contributed by atoms with Gasteiger partial charge in [0.15, 0.2) is 0 Å². The summed E-state index contributed by atoms with van der Waals surface area (Å²) in [5, 5.41) is 9.56. The number of fused-ring (bicyclic) bond motifs is 1. The Kier molecular flexibility index (Phi) is 3.31. The normalized spacial score (nSPS) is 14.4. The minimum atomic E-state index is -0.154. The first-order valence-electron chi connectivity index (χ1n) is 6.92. The van der Waals surface area contributed by atoms with Crippen molar-refractivity contribution in [1.29, 1.82) is 0 Å². The van der Waals surface area contributed by atoms with Gasteiger partial charge in [-0.25, -0.2) is 4.39 Å². The second-order valence-corrected chi connectivity index (χ2v) is 5.39. The summed E-state index contributed by atoms with van der Waals surface area (Å²) in [6, 6.07) is 10.8. The van der Waals surface area contributed by atoms with Crippen LogP contribution in [0, 0.1) is 12.7 Å². The molecule has 0 aliphatic heterocycles. The van der Waals surface area contributed by atoms with Crippen LogP contribution in [0.2, 0.25) is 0 Å². The first-order valence-corrected chi connectivity index (χ1v) is 6.92. The summed E-state index contributed by atoms with van der Waals surface area (Å²) in [6.45, 7) is 1.90. The molecular weight excluding hydrogens is 251 g/mol. The predicted octanol–water partition coefficient (Wildman–Crippen LogP) is 4.72. The summed E-state index contributed by atoms with van der Waals surface area (Å²) in [5.41, 5.74) is 4.87. The van der Waals surface area contributed by atoms with Crippen molar-refractivity contribution in [2.75, 3.05) is 0 Å². The number of hydrogen-bond acceptors (Lipinski definition) is 1. The van der Waals surface area contributed by atoms with Crippen molar-refractivity contribution in [3.63, 3.8) is 0 Å². The first-order chi connectivity index (χ1) is 9.63. The number of phenolic OH excluding ortho intramolecular Hbond substituents is 1. The van der Waals surface area contributed by atoms with Crippen molar-refractivity contribution >= 4 is 11.6 Å². The molecule has 0 saturated heterocycles. The van der Waals surface area contributed by atoms with Crippen LogP contribution in [0.4, 0.5) is 4.39 Å². The fourth-order valence-corrected chi connectivity index (χ4v) is 2.77. The Balaban J connectivity index is 2.07. The van der Waals surface area contributed by atoms with Gasteiger partial charge in [0.25, 0.3) is 0 Å². The van der Waals surface area contributed by atoms with E-state index in [0.29, 0.717) is 11.3 Å². The van der Waals surface area contributed by atoms with Crippen LogP contribution >= 0.6 is 0 Å². The largest absolute Gasteiger partial charge is 0.508 e. The molecule has 2 aromatic rings. The van der Waals surface area contributed by atoms with Gasteiger partial charge in [-0.3, -0.25) is 0 Å². The highest BCUT2D eigenvalue weighted by atomic mass is 19.1. The Hall–Kier alpha value is -2.09. The van der Waals surface area contributed by atoms with Crippen LogP contribution in [-0.4, -0.2) is 5.11 Å². The van der Waals surface area contributed by atoms with Crippen LogP contribution in [-0.2, 0) is 6.42 Å². The van der Waals surface area contributed by atoms with E-state index < -0.39 is 0 Å². The first kappa shape index (κ1) is 12.9. The highest BCUT2D eigenvalue weighted by Crippen LogP contribution is 2.32. The van der Waals surface area contributed by atoms with E-state index in [9.17, 15) is 9.50 Å². The molecule has 0 unspecified atom stereocenters. The Labute approximate surface area is 118 Å². The molecule has 1 nitrogen and oxygen atoms in total. The maximum absolute atomic E-state index is 14.1. The third-order valence-corrected chi connectivity index (χ3v) is 3.82. The van der Waals surface area contributed by atoms with E-state index in [1.807, 2.05) is 25.1 Å². The number of rotatable bonds is 1. The highest BCUT2D eigenvalue weighted by molar-refractivity contribution is 5.83. The van der Waals surface area contributed by atoms with Crippen LogP contribution in [0.15, 0.2) is 36.4 Å². The molecule has 0 aromatic heterocycles. The van der Waals surface area contributed by atoms with E-state index in [1.54, 1.807) is 18.2 Å². The zero-order chi connectivity index (χ0) is 14.1. The molecule has 0 spiro atoms. The lowest BCUT2D eigenvalue weighted by atomic mass is 9.99. The zero-order valence-electron chi connectivity index (χ0n) is 11.5. The monoisotopic (exact) mass is 268 g/mol. The quantitative estimate of drug-likeness (QED) is 0.793. The maximum Gasteiger partial charge on any atom is 0.130 e. The van der Waals surface area contributed by atoms with E-state index in [0.717, 1.165) is 41.5 Å². The van der Waals surface area contributed by atoms with Crippen LogP contribution < -0.4 is 0 Å². The Bertz CT molecular complexity index is 686. The minimum absolute atomic E-state index is 0.154. The van der Waals surface area contributed by atoms with Gasteiger partial charge in [0.05, 0.1) is 0 Å². The highest BCUT2D eigenvalue weighted by Gasteiger charge is 2.13. The number of phenols is 1. The Morgan fingerprint density at radius 2 is 1.90 bits per heavy atom. The number of aromatic hydroxyl groups is 1. The van der Waals surface area contributed by atoms with Crippen LogP contribution in [0.25, 0.3) is 11.6 Å². The van der Waals surface area contributed by atoms with Crippen molar-refractivity contribution in [3.05, 3.63) is 64.5 Å². The van der Waals surface area contributed by atoms with Gasteiger partial charge in [0.1, 0.15) is 11.6 Å². The maximum atomic E-state index is 14.1. The summed E-state index contributed by atoms with van der Waals surface area (Å²) in [5.74, 6) is 0.139. The van der Waals surface area contributed by atoms with Gasteiger partial charge in [0.2, 0.25) is 0 Å². The molecule has 3 rings (SSSR count). The third-order valence-electron chi connectivity index (χ3n) is 3.82. The molecular formula is C18H17FO. The SMILES string of the molecule is Cc1ccc(C2=Cc3ccc(O)cc3CCC2)c(F)c1. The van der Waals surface area contributed by atoms with Gasteiger partial charge in [-0.2, -0.15) is 0 Å². The molecule has 0 bridgehead atoms. The zero-order valence-corrected chi connectivity index (χ0v) is 11.5. The molecule has 1 aliphatic carbocycles. The number of halogens is 1. The third kappa shape index (κ3) is 2.46. The molecule has 0 atom stereocenters. The molecule has 0 heterocycles. The van der Waals surface area contributed by atoms with E-state index in [2.05, 4.69) is 6.08 Å². The van der Waals surface area contributed by atoms with E-state index in [4.69, 9.17) is 0 Å². The molecule has 102 valence electrons. The van der Waals surface area contributed by atoms with Crippen LogP contribution in [0.1, 0.15) is 35.1 Å². The molecule has 0 amide bonds. The molecule has 2 aromatic carbocycles. The molecule has 2 heteroatoms. The van der Waals surface area contributed by atoms with Gasteiger partial charge in [-0.1, -0.05) is 24.3 Å². The molecule has 1 N–H and O–H groups in total. The van der Waals surface area contributed by atoms with Crippen molar-refractivity contribution in [1.82, 2.24) is 0 Å². The minimum Gasteiger partial charge on any atom is -0.508 e. The lowest BCUT2D eigenvalue weighted by molar-refractivity contribution is 0.474. The molecule has 0 saturated carbocycles. The topological polar surface area (TPSA) is 20.2 Å². The average Bonchev–Trinajstić information content (AvgIpc) is 2.60. The van der Waals surface area contributed by atoms with Gasteiger partial charge < -0.3 is 5.11 Å². The summed E-state index contributed by atoms with van der Waals surface area (Å²) < 4.78 is 14.1. The second kappa shape index (κ2) is 5.12. The fourth-order valence-electron chi connectivity index (χ4n) is 2.77. The van der Waals surface area contributed by atoms with Crippen LogP contribution in [0.5, 0.6) is 5.75 Å². The number of allylic oxidation sites excluding steroid dienone is 1. The number of benzene rings is 2. The van der Waals surface area contributed by atoms with E-state index >= 15 is 0 Å². The molecule has 0 radical (unpaired) electrons. The van der Waals surface area contributed by atoms with E-state index in [1.165, 1.54) is 0 Å². The smallest absolute Gasteiger partial charge is 0.130 e. The second-order valence-electron chi connectivity index (χ2n) is 5.39. The molecule has 1 aliphatic rings. The molecule has 0 fully saturated rings. The number of aryl methyl sites for hydroxylation is 2. The predicted molar refractivity (Wildman–Crippen MR) is 80.1 cm³/mol. The molecule has 20 heavy (non-hydrogen) atoms. The van der Waals surface area contributed by atoms with Crippen LogP contribution in [0.3, 0.4) is 0 Å². The van der Waals surface area contributed by atoms with E-state index in [-0.39, 0.29) is 5.82 Å². The van der Waals surface area contributed by atoms with Crippen molar-refractivity contribution in [2.45, 2.75) is 26.2 Å². The summed E-state index contributed by atoms with van der Waals surface area (Å²) in [6.07, 6.45) is 4.79. The van der Waals surface area contributed by atoms with Crippen molar-refractivity contribution in [3.8, 4) is 5.75 Å². The van der Waals surface area contributed by atoms with Gasteiger partial charge >= 0.3 is 0 Å². The van der Waals surface area contributed by atoms with Crippen molar-refractivity contribution in [2.24, 2.45) is 0 Å². The Morgan fingerprint density at radius 1 is 1.05 bits per heavy atom. The lowest BCUT2D eigenvalue weighted by Gasteiger charge is -2.08. The van der Waals surface area contributed by atoms with Crippen molar-refractivity contribution < 1.29 is 9.50 Å². The summed E-state index contributed by atoms with van der Waals surface area (Å²) >= 11 is 0. The standard InChI is InChI=1S/C18H17FO/c1-12-5-8-17(18(19)9-12)15-4-2-3-13-11-16(20)7-6-14(13)10-15/h5-11,20H,2-4H2,1H3. The van der Waals surface area contributed by atoms with Gasteiger partial charge in [-0.05, 0) is 66.6 Å². The van der Waals surface area contributed by atoms with Gasteiger partial charge in [-0.15, -0.1) is 0 Å². The van der Waals surface area contributed by atoms with Gasteiger partial charge in [0, 0.05) is 5.56 Å².